The van der Waals surface area contributed by atoms with Crippen LogP contribution in [0.3, 0.4) is 0 Å². The summed E-state index contributed by atoms with van der Waals surface area (Å²) in [7, 11) is 1.39. The number of benzene rings is 1. The molecule has 0 aliphatic rings. The van der Waals surface area contributed by atoms with Crippen molar-refractivity contribution in [1.82, 2.24) is 9.47 Å². The van der Waals surface area contributed by atoms with Gasteiger partial charge in [-0.25, -0.2) is 0 Å². The average Bonchev–Trinajstić information content (AvgIpc) is 2.57. The Morgan fingerprint density at radius 3 is 2.38 bits per heavy atom. The van der Waals surface area contributed by atoms with Crippen molar-refractivity contribution in [3.63, 3.8) is 0 Å². The van der Waals surface area contributed by atoms with Crippen LogP contribution in [0, 0.1) is 6.92 Å². The molecule has 8 nitrogen and oxygen atoms in total. The summed E-state index contributed by atoms with van der Waals surface area (Å²) < 4.78 is 1.31. The number of nitrogens with one attached hydrogen (secondary N) is 1. The smallest absolute Gasteiger partial charge is 0.323 e. The number of aliphatic carboxylic acids is 1. The summed E-state index contributed by atoms with van der Waals surface area (Å²) in [5.74, 6) is -1.91. The van der Waals surface area contributed by atoms with E-state index in [9.17, 15) is 19.2 Å². The highest BCUT2D eigenvalue weighted by atomic mass is 16.4. The predicted octanol–water partition coefficient (Wildman–Crippen LogP) is 0.952. The van der Waals surface area contributed by atoms with Crippen molar-refractivity contribution in [2.24, 2.45) is 0 Å². The van der Waals surface area contributed by atoms with Crippen molar-refractivity contribution in [2.45, 2.75) is 13.5 Å². The van der Waals surface area contributed by atoms with E-state index in [1.54, 1.807) is 24.4 Å². The zero-order valence-electron chi connectivity index (χ0n) is 14.4. The summed E-state index contributed by atoms with van der Waals surface area (Å²) >= 11 is 0. The topological polar surface area (TPSA) is 109 Å². The highest BCUT2D eigenvalue weighted by molar-refractivity contribution is 5.96. The summed E-state index contributed by atoms with van der Waals surface area (Å²) in [6, 6.07) is 9.15. The van der Waals surface area contributed by atoms with Gasteiger partial charge < -0.3 is 19.9 Å². The van der Waals surface area contributed by atoms with Crippen LogP contribution >= 0.6 is 0 Å². The SMILES string of the molecule is Cc1ccc(=O)n(CC(=O)Nc2ccc(C(=O)N(C)CC(=O)O)cc2)c1. The fraction of sp³-hybridized carbons (Fsp3) is 0.222. The number of hydrogen-bond acceptors (Lipinski definition) is 4. The van der Waals surface area contributed by atoms with Gasteiger partial charge in [0.15, 0.2) is 0 Å². The molecule has 1 heterocycles. The molecule has 0 bridgehead atoms. The molecule has 0 fully saturated rings. The molecule has 8 heteroatoms. The van der Waals surface area contributed by atoms with E-state index < -0.39 is 18.4 Å². The van der Waals surface area contributed by atoms with Crippen LogP contribution in [-0.2, 0) is 16.1 Å². The molecule has 0 saturated heterocycles. The minimum atomic E-state index is -1.10. The van der Waals surface area contributed by atoms with E-state index in [0.29, 0.717) is 11.3 Å². The van der Waals surface area contributed by atoms with Crippen LogP contribution in [0.4, 0.5) is 5.69 Å². The molecule has 136 valence electrons. The van der Waals surface area contributed by atoms with Gasteiger partial charge in [-0.05, 0) is 36.8 Å². The molecule has 1 aromatic heterocycles. The second-order valence-corrected chi connectivity index (χ2v) is 5.85. The number of anilines is 1. The number of likely N-dealkylation sites (N-methyl/N-ethyl adjacent to an activating group) is 1. The Morgan fingerprint density at radius 1 is 1.12 bits per heavy atom. The van der Waals surface area contributed by atoms with Gasteiger partial charge in [-0.15, -0.1) is 0 Å². The third-order valence-electron chi connectivity index (χ3n) is 3.58. The van der Waals surface area contributed by atoms with Gasteiger partial charge in [-0.1, -0.05) is 6.07 Å². The lowest BCUT2D eigenvalue weighted by Crippen LogP contribution is -2.31. The first-order chi connectivity index (χ1) is 12.3. The number of hydrogen-bond donors (Lipinski definition) is 2. The maximum atomic E-state index is 12.1. The molecule has 1 aromatic carbocycles. The van der Waals surface area contributed by atoms with E-state index >= 15 is 0 Å². The molecule has 2 amide bonds. The first-order valence-electron chi connectivity index (χ1n) is 7.80. The van der Waals surface area contributed by atoms with Crippen LogP contribution in [0.5, 0.6) is 0 Å². The minimum Gasteiger partial charge on any atom is -0.480 e. The van der Waals surface area contributed by atoms with Gasteiger partial charge in [-0.3, -0.25) is 19.2 Å². The number of carboxylic acid groups (broad SMARTS) is 1. The molecule has 0 aliphatic heterocycles. The van der Waals surface area contributed by atoms with Gasteiger partial charge in [0.05, 0.1) is 0 Å². The first kappa shape index (κ1) is 18.9. The number of rotatable bonds is 6. The van der Waals surface area contributed by atoms with Crippen molar-refractivity contribution < 1.29 is 19.5 Å². The minimum absolute atomic E-state index is 0.122. The van der Waals surface area contributed by atoms with Crippen molar-refractivity contribution in [1.29, 1.82) is 0 Å². The molecule has 0 unspecified atom stereocenters. The lowest BCUT2D eigenvalue weighted by molar-refractivity contribution is -0.137. The van der Waals surface area contributed by atoms with E-state index in [0.717, 1.165) is 10.5 Å². The van der Waals surface area contributed by atoms with Crippen molar-refractivity contribution in [3.8, 4) is 0 Å². The van der Waals surface area contributed by atoms with Crippen LogP contribution in [0.1, 0.15) is 15.9 Å². The fourth-order valence-corrected chi connectivity index (χ4v) is 2.32. The Kier molecular flexibility index (Phi) is 5.90. The lowest BCUT2D eigenvalue weighted by Gasteiger charge is -2.14. The summed E-state index contributed by atoms with van der Waals surface area (Å²) in [6.45, 7) is 1.30. The maximum Gasteiger partial charge on any atom is 0.323 e. The van der Waals surface area contributed by atoms with Gasteiger partial charge in [0.25, 0.3) is 11.5 Å². The van der Waals surface area contributed by atoms with E-state index in [-0.39, 0.29) is 18.0 Å². The zero-order chi connectivity index (χ0) is 19.3. The molecule has 2 N–H and O–H groups in total. The van der Waals surface area contributed by atoms with Gasteiger partial charge in [-0.2, -0.15) is 0 Å². The van der Waals surface area contributed by atoms with Gasteiger partial charge in [0.2, 0.25) is 5.91 Å². The van der Waals surface area contributed by atoms with Crippen LogP contribution < -0.4 is 10.9 Å². The Balaban J connectivity index is 2.01. The Bertz CT molecular complexity index is 886. The molecule has 0 spiro atoms. The van der Waals surface area contributed by atoms with E-state index in [2.05, 4.69) is 5.32 Å². The molecule has 0 saturated carbocycles. The van der Waals surface area contributed by atoms with Crippen LogP contribution in [0.2, 0.25) is 0 Å². The van der Waals surface area contributed by atoms with Crippen LogP contribution in [0.25, 0.3) is 0 Å². The number of carbonyl (C=O) groups is 3. The third-order valence-corrected chi connectivity index (χ3v) is 3.58. The van der Waals surface area contributed by atoms with Crippen molar-refractivity contribution >= 4 is 23.5 Å². The number of pyridine rings is 1. The molecule has 2 rings (SSSR count). The zero-order valence-corrected chi connectivity index (χ0v) is 14.4. The van der Waals surface area contributed by atoms with Crippen LogP contribution in [-0.4, -0.2) is 45.9 Å². The van der Waals surface area contributed by atoms with Gasteiger partial charge in [0.1, 0.15) is 13.1 Å². The monoisotopic (exact) mass is 357 g/mol. The molecular weight excluding hydrogens is 338 g/mol. The second-order valence-electron chi connectivity index (χ2n) is 5.85. The predicted molar refractivity (Wildman–Crippen MR) is 95.1 cm³/mol. The number of carbonyl (C=O) groups excluding carboxylic acids is 2. The Labute approximate surface area is 149 Å². The lowest BCUT2D eigenvalue weighted by atomic mass is 10.2. The number of nitrogens with zero attached hydrogens (tertiary/aromatic N) is 2. The quantitative estimate of drug-likeness (QED) is 0.800. The van der Waals surface area contributed by atoms with Crippen LogP contribution in [0.15, 0.2) is 47.4 Å². The van der Waals surface area contributed by atoms with Gasteiger partial charge >= 0.3 is 5.97 Å². The maximum absolute atomic E-state index is 12.1. The molecule has 0 radical (unpaired) electrons. The standard InChI is InChI=1S/C18H19N3O5/c1-12-3-8-16(23)21(9-12)10-15(22)19-14-6-4-13(5-7-14)18(26)20(2)11-17(24)25/h3-9H,10-11H2,1-2H3,(H,19,22)(H,24,25). The van der Waals surface area contributed by atoms with Crippen molar-refractivity contribution in [2.75, 3.05) is 18.9 Å². The number of amides is 2. The second kappa shape index (κ2) is 8.11. The summed E-state index contributed by atoms with van der Waals surface area (Å²) in [6.07, 6.45) is 1.60. The van der Waals surface area contributed by atoms with E-state index in [1.165, 1.54) is 29.8 Å². The highest BCUT2D eigenvalue weighted by Crippen LogP contribution is 2.11. The Morgan fingerprint density at radius 2 is 1.77 bits per heavy atom. The highest BCUT2D eigenvalue weighted by Gasteiger charge is 2.14. The first-order valence-corrected chi connectivity index (χ1v) is 7.80. The van der Waals surface area contributed by atoms with Crippen molar-refractivity contribution in [3.05, 3.63) is 64.1 Å². The fourth-order valence-electron chi connectivity index (χ4n) is 2.32. The van der Waals surface area contributed by atoms with E-state index in [1.807, 2.05) is 6.92 Å². The van der Waals surface area contributed by atoms with E-state index in [4.69, 9.17) is 5.11 Å². The molecule has 26 heavy (non-hydrogen) atoms. The largest absolute Gasteiger partial charge is 0.480 e. The molecule has 0 aliphatic carbocycles. The molecule has 2 aromatic rings. The third kappa shape index (κ3) is 5.04. The molecule has 0 atom stereocenters. The Hall–Kier alpha value is -3.42. The van der Waals surface area contributed by atoms with Gasteiger partial charge in [0, 0.05) is 30.6 Å². The number of aryl methyl sites for hydroxylation is 1. The summed E-state index contributed by atoms with van der Waals surface area (Å²) in [4.78, 5) is 47.6. The normalized spacial score (nSPS) is 10.2. The average molecular weight is 357 g/mol. The number of carboxylic acids is 1. The number of aromatic nitrogens is 1. The molecular formula is C18H19N3O5. The summed E-state index contributed by atoms with van der Waals surface area (Å²) in [5.41, 5.74) is 1.37. The summed E-state index contributed by atoms with van der Waals surface area (Å²) in [5, 5.41) is 11.4.